The molecule has 0 amide bonds. The quantitative estimate of drug-likeness (QED) is 0.117. The molecule has 19 heteroatoms. The molecule has 4 heterocycles. The lowest BCUT2D eigenvalue weighted by atomic mass is 10.1. The fourth-order valence-corrected chi connectivity index (χ4v) is 4.36. The van der Waals surface area contributed by atoms with Crippen LogP contribution in [-0.4, -0.2) is 221 Å². The van der Waals surface area contributed by atoms with Crippen molar-refractivity contribution >= 4 is 0 Å². The average Bonchev–Trinajstić information content (AvgIpc) is 3.74. The Kier molecular flexibility index (Phi) is 19.1. The summed E-state index contributed by atoms with van der Waals surface area (Å²) in [6.45, 7) is -1.93. The van der Waals surface area contributed by atoms with Gasteiger partial charge in [-0.25, -0.2) is 0 Å². The topological polar surface area (TPSA) is 340 Å². The summed E-state index contributed by atoms with van der Waals surface area (Å²) in [4.78, 5) is 0. The Morgan fingerprint density at radius 2 is 0.884 bits per heavy atom. The molecule has 4 aliphatic rings. The van der Waals surface area contributed by atoms with Crippen LogP contribution >= 0.6 is 0 Å². The van der Waals surface area contributed by atoms with Crippen LogP contribution in [0.15, 0.2) is 0 Å². The first-order chi connectivity index (χ1) is 20.3. The lowest BCUT2D eigenvalue weighted by molar-refractivity contribution is -0.0685. The molecule has 0 aliphatic carbocycles. The fraction of sp³-hybridized carbons (Fsp3) is 1.00. The molecule has 4 saturated heterocycles. The van der Waals surface area contributed by atoms with Crippen molar-refractivity contribution in [1.82, 2.24) is 0 Å². The number of hydrogen-bond donors (Lipinski definition) is 15. The van der Waals surface area contributed by atoms with Gasteiger partial charge in [-0.05, 0) is 0 Å². The normalized spacial score (nSPS) is 41.8. The van der Waals surface area contributed by atoms with Gasteiger partial charge in [0, 0.05) is 6.42 Å². The van der Waals surface area contributed by atoms with Crippen LogP contribution in [0.1, 0.15) is 6.42 Å². The largest absolute Gasteiger partial charge is 0.394 e. The van der Waals surface area contributed by atoms with Gasteiger partial charge in [-0.1, -0.05) is 0 Å². The molecule has 0 aromatic carbocycles. The molecule has 43 heavy (non-hydrogen) atoms. The summed E-state index contributed by atoms with van der Waals surface area (Å²) in [7, 11) is 0. The van der Waals surface area contributed by atoms with Crippen molar-refractivity contribution in [2.45, 2.75) is 98.0 Å². The predicted octanol–water partition coefficient (Wildman–Crippen LogP) is -9.13. The highest BCUT2D eigenvalue weighted by Gasteiger charge is 2.42. The second kappa shape index (κ2) is 20.4. The van der Waals surface area contributed by atoms with Crippen LogP contribution in [-0.2, 0) is 18.9 Å². The van der Waals surface area contributed by atoms with Crippen LogP contribution in [0.3, 0.4) is 0 Å². The minimum Gasteiger partial charge on any atom is -0.394 e. The minimum atomic E-state index is -1.12. The van der Waals surface area contributed by atoms with Crippen LogP contribution in [0, 0.1) is 0 Å². The summed E-state index contributed by atoms with van der Waals surface area (Å²) >= 11 is 0. The first-order valence-corrected chi connectivity index (χ1v) is 13.6. The summed E-state index contributed by atoms with van der Waals surface area (Å²) in [5, 5.41) is 133. The van der Waals surface area contributed by atoms with Gasteiger partial charge in [0.2, 0.25) is 0 Å². The Morgan fingerprint density at radius 1 is 0.488 bits per heavy atom. The molecule has 0 spiro atoms. The van der Waals surface area contributed by atoms with Crippen molar-refractivity contribution in [3.8, 4) is 0 Å². The van der Waals surface area contributed by atoms with Crippen molar-refractivity contribution in [2.75, 3.05) is 52.9 Å². The summed E-state index contributed by atoms with van der Waals surface area (Å²) < 4.78 is 19.5. The van der Waals surface area contributed by atoms with Gasteiger partial charge in [0.15, 0.2) is 0 Å². The molecule has 0 saturated carbocycles. The first-order valence-electron chi connectivity index (χ1n) is 13.6. The lowest BCUT2D eigenvalue weighted by Crippen LogP contribution is -2.40. The molecule has 15 N–H and O–H groups in total. The van der Waals surface area contributed by atoms with E-state index in [-0.39, 0.29) is 45.7 Å². The number of aliphatic hydroxyl groups excluding tert-OH is 15. The van der Waals surface area contributed by atoms with E-state index in [1.165, 1.54) is 0 Å². The molecule has 258 valence electrons. The molecular weight excluding hydrogens is 592 g/mol. The Hall–Kier alpha value is -0.760. The third kappa shape index (κ3) is 11.8. The molecule has 4 aliphatic heterocycles. The van der Waals surface area contributed by atoms with Gasteiger partial charge < -0.3 is 95.5 Å². The molecular formula is C24H48O19. The molecule has 19 nitrogen and oxygen atoms in total. The molecule has 15 atom stereocenters. The number of aliphatic hydroxyl groups is 15. The fourth-order valence-electron chi connectivity index (χ4n) is 4.36. The van der Waals surface area contributed by atoms with Gasteiger partial charge in [-0.3, -0.25) is 0 Å². The third-order valence-corrected chi connectivity index (χ3v) is 7.02. The Bertz CT molecular complexity index is 674. The zero-order valence-electron chi connectivity index (χ0n) is 23.4. The third-order valence-electron chi connectivity index (χ3n) is 7.02. The Balaban J connectivity index is 0.000000287. The van der Waals surface area contributed by atoms with E-state index in [0.717, 1.165) is 0 Å². The zero-order chi connectivity index (χ0) is 32.9. The van der Waals surface area contributed by atoms with E-state index < -0.39 is 98.7 Å². The van der Waals surface area contributed by atoms with Crippen LogP contribution in [0.5, 0.6) is 0 Å². The number of hydrogen-bond acceptors (Lipinski definition) is 19. The summed E-state index contributed by atoms with van der Waals surface area (Å²) in [6, 6.07) is 0. The smallest absolute Gasteiger partial charge is 0.114 e. The SMILES string of the molecule is OC[C@@H](O)[C@H]1OC[C@H](O)C1O.OC[C@H](O)[C@H]1OCC(O)[C@@H]1O.OC[C@H]1C[C@@H](O)[C@H](CO)O1.OC[C@H]1O[C@H](CO)[C@H](O)C1O. The molecule has 4 fully saturated rings. The Labute approximate surface area is 246 Å². The van der Waals surface area contributed by atoms with E-state index in [0.29, 0.717) is 6.42 Å². The predicted molar refractivity (Wildman–Crippen MR) is 138 cm³/mol. The maximum Gasteiger partial charge on any atom is 0.114 e. The van der Waals surface area contributed by atoms with E-state index in [1.54, 1.807) is 0 Å². The van der Waals surface area contributed by atoms with Crippen molar-refractivity contribution in [1.29, 1.82) is 0 Å². The van der Waals surface area contributed by atoms with Gasteiger partial charge in [0.25, 0.3) is 0 Å². The maximum atomic E-state index is 9.11. The summed E-state index contributed by atoms with van der Waals surface area (Å²) in [5.41, 5.74) is 0. The minimum absolute atomic E-state index is 0.00287. The molecule has 3 unspecified atom stereocenters. The van der Waals surface area contributed by atoms with Gasteiger partial charge in [0.05, 0.1) is 65.1 Å². The highest BCUT2D eigenvalue weighted by molar-refractivity contribution is 4.90. The van der Waals surface area contributed by atoms with Crippen LogP contribution in [0.25, 0.3) is 0 Å². The lowest BCUT2D eigenvalue weighted by Gasteiger charge is -2.18. The second-order valence-corrected chi connectivity index (χ2v) is 10.2. The molecule has 0 radical (unpaired) electrons. The van der Waals surface area contributed by atoms with E-state index in [9.17, 15) is 0 Å². The second-order valence-electron chi connectivity index (χ2n) is 10.2. The summed E-state index contributed by atoms with van der Waals surface area (Å²) in [6.07, 6.45) is -12.8. The molecule has 0 bridgehead atoms. The molecule has 4 rings (SSSR count). The van der Waals surface area contributed by atoms with Crippen molar-refractivity contribution in [3.63, 3.8) is 0 Å². The first kappa shape index (κ1) is 40.3. The van der Waals surface area contributed by atoms with E-state index >= 15 is 0 Å². The summed E-state index contributed by atoms with van der Waals surface area (Å²) in [5.74, 6) is 0. The van der Waals surface area contributed by atoms with Crippen molar-refractivity contribution in [2.24, 2.45) is 0 Å². The van der Waals surface area contributed by atoms with Gasteiger partial charge in [-0.15, -0.1) is 0 Å². The highest BCUT2D eigenvalue weighted by atomic mass is 16.6. The average molecular weight is 641 g/mol. The van der Waals surface area contributed by atoms with Crippen LogP contribution in [0.4, 0.5) is 0 Å². The van der Waals surface area contributed by atoms with Gasteiger partial charge >= 0.3 is 0 Å². The maximum absolute atomic E-state index is 9.11. The number of rotatable bonds is 8. The van der Waals surface area contributed by atoms with E-state index in [2.05, 4.69) is 0 Å². The zero-order valence-corrected chi connectivity index (χ0v) is 23.4. The van der Waals surface area contributed by atoms with Crippen molar-refractivity contribution in [3.05, 3.63) is 0 Å². The van der Waals surface area contributed by atoms with E-state index in [1.807, 2.05) is 0 Å². The van der Waals surface area contributed by atoms with Gasteiger partial charge in [0.1, 0.15) is 79.4 Å². The molecule has 0 aromatic rings. The van der Waals surface area contributed by atoms with Gasteiger partial charge in [-0.2, -0.15) is 0 Å². The monoisotopic (exact) mass is 640 g/mol. The van der Waals surface area contributed by atoms with Crippen LogP contribution in [0.2, 0.25) is 0 Å². The number of ether oxygens (including phenoxy) is 4. The van der Waals surface area contributed by atoms with Crippen LogP contribution < -0.4 is 0 Å². The van der Waals surface area contributed by atoms with E-state index in [4.69, 9.17) is 95.5 Å². The standard InChI is InChI=1S/3C6H12O5.C6H12O4/c2*7-1-3(8)6-5(10)4(9)2-11-6;7-1-3-5(9)6(10)4(2-8)11-3;7-2-4-1-5(9)6(3-8)10-4/h3*3-10H,1-2H2;4-9H,1-3H2/t3-,4?,5-,6+;3-,4+,5?,6-;3-,4-,5+,6?;4-,5-,6+/m0111/s1. The molecule has 0 aromatic heterocycles. The Morgan fingerprint density at radius 3 is 1.09 bits per heavy atom. The van der Waals surface area contributed by atoms with Crippen molar-refractivity contribution < 1.29 is 95.5 Å². The highest BCUT2D eigenvalue weighted by Crippen LogP contribution is 2.21.